The molecule has 0 N–H and O–H groups in total. The highest BCUT2D eigenvalue weighted by atomic mass is 16.5. The molecule has 0 saturated heterocycles. The number of unbranched alkanes of at least 4 members (excludes halogenated alkanes) is 2. The topological polar surface area (TPSA) is 64.0 Å². The Morgan fingerprint density at radius 3 is 2.24 bits per heavy atom. The van der Waals surface area contributed by atoms with Crippen LogP contribution in [-0.2, 0) is 23.1 Å². The Morgan fingerprint density at radius 1 is 0.912 bits per heavy atom. The summed E-state index contributed by atoms with van der Waals surface area (Å²) in [5, 5.41) is 0. The van der Waals surface area contributed by atoms with Crippen molar-refractivity contribution in [2.24, 2.45) is 7.05 Å². The van der Waals surface area contributed by atoms with E-state index in [0.717, 1.165) is 37.1 Å². The number of benzene rings is 1. The Labute approximate surface area is 204 Å². The zero-order valence-electron chi connectivity index (χ0n) is 21.3. The molecule has 2 aromatic rings. The van der Waals surface area contributed by atoms with Crippen LogP contribution in [0.4, 0.5) is 0 Å². The average molecular weight is 472 g/mol. The molecule has 0 bridgehead atoms. The van der Waals surface area contributed by atoms with Crippen LogP contribution in [-0.4, -0.2) is 66.1 Å². The molecule has 188 valence electrons. The molecule has 2 amide bonds. The maximum absolute atomic E-state index is 13.3. The second-order valence-corrected chi connectivity index (χ2v) is 8.58. The summed E-state index contributed by atoms with van der Waals surface area (Å²) in [7, 11) is 3.62. The average Bonchev–Trinajstić information content (AvgIpc) is 3.25. The molecule has 1 aromatic carbocycles. The van der Waals surface area contributed by atoms with Gasteiger partial charge in [0.25, 0.3) is 5.91 Å². The molecular formula is C27H41N3O4. The van der Waals surface area contributed by atoms with E-state index in [-0.39, 0.29) is 18.4 Å². The molecule has 0 aliphatic heterocycles. The van der Waals surface area contributed by atoms with Crippen molar-refractivity contribution < 1.29 is 19.1 Å². The number of hydrogen-bond donors (Lipinski definition) is 0. The summed E-state index contributed by atoms with van der Waals surface area (Å²) in [6.45, 7) is 7.14. The number of rotatable bonds is 16. The smallest absolute Gasteiger partial charge is 0.254 e. The standard InChI is InChI=1S/C27H41N3O4/c1-5-7-17-29(21-24-11-9-16-28(24)3)26(31)22-30(18-10-19-33-4)27(32)23-12-14-25(15-13-23)34-20-8-6-2/h9,11-16H,5-8,10,17-22H2,1-4H3. The maximum Gasteiger partial charge on any atom is 0.254 e. The van der Waals surface area contributed by atoms with Crippen LogP contribution in [0.2, 0.25) is 0 Å². The van der Waals surface area contributed by atoms with E-state index in [1.54, 1.807) is 24.1 Å². The molecule has 0 aliphatic carbocycles. The predicted molar refractivity (Wildman–Crippen MR) is 135 cm³/mol. The zero-order chi connectivity index (χ0) is 24.8. The van der Waals surface area contributed by atoms with Crippen molar-refractivity contribution in [1.29, 1.82) is 0 Å². The third-order valence-electron chi connectivity index (χ3n) is 5.80. The summed E-state index contributed by atoms with van der Waals surface area (Å²) in [4.78, 5) is 30.2. The lowest BCUT2D eigenvalue weighted by atomic mass is 10.1. The fraction of sp³-hybridized carbons (Fsp3) is 0.556. The Balaban J connectivity index is 2.11. The monoisotopic (exact) mass is 471 g/mol. The van der Waals surface area contributed by atoms with Gasteiger partial charge >= 0.3 is 0 Å². The van der Waals surface area contributed by atoms with Gasteiger partial charge in [-0.15, -0.1) is 0 Å². The molecule has 1 heterocycles. The van der Waals surface area contributed by atoms with Crippen molar-refractivity contribution in [3.63, 3.8) is 0 Å². The first kappa shape index (κ1) is 27.4. The highest BCUT2D eigenvalue weighted by molar-refractivity contribution is 5.96. The van der Waals surface area contributed by atoms with Crippen molar-refractivity contribution in [3.05, 3.63) is 53.9 Å². The third kappa shape index (κ3) is 8.86. The minimum atomic E-state index is -0.154. The van der Waals surface area contributed by atoms with E-state index in [1.165, 1.54) is 0 Å². The second kappa shape index (κ2) is 15.2. The molecule has 0 fully saturated rings. The molecule has 2 rings (SSSR count). The molecule has 1 aromatic heterocycles. The maximum atomic E-state index is 13.3. The summed E-state index contributed by atoms with van der Waals surface area (Å²) < 4.78 is 12.9. The van der Waals surface area contributed by atoms with Crippen molar-refractivity contribution in [3.8, 4) is 5.75 Å². The van der Waals surface area contributed by atoms with Crippen molar-refractivity contribution in [2.75, 3.05) is 40.0 Å². The number of carbonyl (C=O) groups excluding carboxylic acids is 2. The van der Waals surface area contributed by atoms with Crippen LogP contribution in [0.1, 0.15) is 62.0 Å². The molecule has 0 atom stereocenters. The summed E-state index contributed by atoms with van der Waals surface area (Å²) in [6.07, 6.45) is 6.63. The molecule has 0 radical (unpaired) electrons. The normalized spacial score (nSPS) is 10.8. The first-order valence-corrected chi connectivity index (χ1v) is 12.4. The molecule has 0 saturated carbocycles. The lowest BCUT2D eigenvalue weighted by molar-refractivity contribution is -0.132. The highest BCUT2D eigenvalue weighted by Crippen LogP contribution is 2.15. The van der Waals surface area contributed by atoms with E-state index in [1.807, 2.05) is 47.0 Å². The molecule has 34 heavy (non-hydrogen) atoms. The predicted octanol–water partition coefficient (Wildman–Crippen LogP) is 4.51. The number of carbonyl (C=O) groups is 2. The lowest BCUT2D eigenvalue weighted by Gasteiger charge is -2.28. The van der Waals surface area contributed by atoms with Gasteiger partial charge in [0.1, 0.15) is 12.3 Å². The molecule has 0 spiro atoms. The van der Waals surface area contributed by atoms with Crippen LogP contribution in [0, 0.1) is 0 Å². The van der Waals surface area contributed by atoms with Gasteiger partial charge in [-0.1, -0.05) is 26.7 Å². The van der Waals surface area contributed by atoms with Crippen LogP contribution in [0.3, 0.4) is 0 Å². The Bertz CT molecular complexity index is 863. The van der Waals surface area contributed by atoms with Gasteiger partial charge < -0.3 is 23.8 Å². The quantitative estimate of drug-likeness (QED) is 0.338. The van der Waals surface area contributed by atoms with Crippen LogP contribution >= 0.6 is 0 Å². The Kier molecular flexibility index (Phi) is 12.2. The second-order valence-electron chi connectivity index (χ2n) is 8.58. The minimum Gasteiger partial charge on any atom is -0.494 e. The van der Waals surface area contributed by atoms with Gasteiger partial charge in [0.15, 0.2) is 0 Å². The summed E-state index contributed by atoms with van der Waals surface area (Å²) >= 11 is 0. The fourth-order valence-electron chi connectivity index (χ4n) is 3.62. The van der Waals surface area contributed by atoms with Crippen molar-refractivity contribution in [1.82, 2.24) is 14.4 Å². The van der Waals surface area contributed by atoms with Gasteiger partial charge in [-0.3, -0.25) is 9.59 Å². The van der Waals surface area contributed by atoms with E-state index >= 15 is 0 Å². The molecular weight excluding hydrogens is 430 g/mol. The summed E-state index contributed by atoms with van der Waals surface area (Å²) in [5.74, 6) is 0.555. The third-order valence-corrected chi connectivity index (χ3v) is 5.80. The van der Waals surface area contributed by atoms with Gasteiger partial charge in [-0.05, 0) is 55.7 Å². The number of hydrogen-bond acceptors (Lipinski definition) is 4. The van der Waals surface area contributed by atoms with Gasteiger partial charge in [-0.2, -0.15) is 0 Å². The number of methoxy groups -OCH3 is 1. The van der Waals surface area contributed by atoms with Crippen molar-refractivity contribution >= 4 is 11.8 Å². The molecule has 0 unspecified atom stereocenters. The van der Waals surface area contributed by atoms with Crippen LogP contribution in [0.25, 0.3) is 0 Å². The highest BCUT2D eigenvalue weighted by Gasteiger charge is 2.23. The van der Waals surface area contributed by atoms with Crippen LogP contribution in [0.15, 0.2) is 42.6 Å². The molecule has 7 nitrogen and oxygen atoms in total. The van der Waals surface area contributed by atoms with E-state index in [2.05, 4.69) is 13.8 Å². The number of nitrogens with zero attached hydrogens (tertiary/aromatic N) is 3. The summed E-state index contributed by atoms with van der Waals surface area (Å²) in [5.41, 5.74) is 1.62. The van der Waals surface area contributed by atoms with Crippen molar-refractivity contribution in [2.45, 2.75) is 52.5 Å². The first-order valence-electron chi connectivity index (χ1n) is 12.4. The number of ether oxygens (including phenoxy) is 2. The fourth-order valence-corrected chi connectivity index (χ4v) is 3.62. The van der Waals surface area contributed by atoms with E-state index < -0.39 is 0 Å². The first-order chi connectivity index (χ1) is 16.5. The Morgan fingerprint density at radius 2 is 1.62 bits per heavy atom. The number of amides is 2. The molecule has 0 aliphatic rings. The lowest BCUT2D eigenvalue weighted by Crippen LogP contribution is -2.43. The van der Waals surface area contributed by atoms with Gasteiger partial charge in [0, 0.05) is 51.3 Å². The largest absolute Gasteiger partial charge is 0.494 e. The number of aromatic nitrogens is 1. The summed E-state index contributed by atoms with van der Waals surface area (Å²) in [6, 6.07) is 11.2. The van der Waals surface area contributed by atoms with E-state index in [4.69, 9.17) is 9.47 Å². The SMILES string of the molecule is CCCCOc1ccc(C(=O)N(CCCOC)CC(=O)N(CCCC)Cc2cccn2C)cc1. The van der Waals surface area contributed by atoms with Crippen LogP contribution in [0.5, 0.6) is 5.75 Å². The van der Waals surface area contributed by atoms with Crippen LogP contribution < -0.4 is 4.74 Å². The van der Waals surface area contributed by atoms with Gasteiger partial charge in [0.2, 0.25) is 5.91 Å². The van der Waals surface area contributed by atoms with Gasteiger partial charge in [-0.25, -0.2) is 0 Å². The molecule has 7 heteroatoms. The van der Waals surface area contributed by atoms with Gasteiger partial charge in [0.05, 0.1) is 13.2 Å². The van der Waals surface area contributed by atoms with E-state index in [9.17, 15) is 9.59 Å². The minimum absolute atomic E-state index is 0.0417. The Hall–Kier alpha value is -2.80. The zero-order valence-corrected chi connectivity index (χ0v) is 21.3. The van der Waals surface area contributed by atoms with E-state index in [0.29, 0.717) is 44.8 Å². The number of aryl methyl sites for hydroxylation is 1.